The minimum absolute atomic E-state index is 0.700. The van der Waals surface area contributed by atoms with Crippen LogP contribution in [0.15, 0.2) is 47.0 Å². The number of hydrogen-bond acceptors (Lipinski definition) is 4. The summed E-state index contributed by atoms with van der Waals surface area (Å²) in [5.41, 5.74) is 2.05. The summed E-state index contributed by atoms with van der Waals surface area (Å²) in [6.07, 6.45) is 3.66. The Bertz CT molecular complexity index is 682. The monoisotopic (exact) mass is 239 g/mol. The highest BCUT2D eigenvalue weighted by molar-refractivity contribution is 7.13. The van der Waals surface area contributed by atoms with Gasteiger partial charge in [-0.15, -0.1) is 11.3 Å². The zero-order valence-electron chi connectivity index (χ0n) is 9.00. The van der Waals surface area contributed by atoms with Gasteiger partial charge in [-0.2, -0.15) is 0 Å². The molecule has 82 valence electrons. The van der Waals surface area contributed by atoms with E-state index in [9.17, 15) is 0 Å². The Balaban J connectivity index is 2.26. The molecule has 3 nitrogen and oxygen atoms in total. The van der Waals surface area contributed by atoms with E-state index < -0.39 is 0 Å². The highest BCUT2D eigenvalue weighted by Gasteiger charge is 2.06. The number of fused-ring (bicyclic) bond motifs is 1. The van der Waals surface area contributed by atoms with Crippen LogP contribution in [0.25, 0.3) is 22.0 Å². The molecule has 0 aliphatic carbocycles. The van der Waals surface area contributed by atoms with E-state index in [1.54, 1.807) is 6.20 Å². The molecule has 17 heavy (non-hydrogen) atoms. The summed E-state index contributed by atoms with van der Waals surface area (Å²) in [5.74, 6) is 0. The first-order valence-corrected chi connectivity index (χ1v) is 6.02. The molecular weight excluding hydrogens is 230 g/mol. The number of nitrogens with zero attached hydrogens (tertiary/aromatic N) is 3. The average molecular weight is 239 g/mol. The third-order valence-corrected chi connectivity index (χ3v) is 3.36. The Morgan fingerprint density at radius 1 is 1.24 bits per heavy atom. The molecule has 0 radical (unpaired) electrons. The minimum Gasteiger partial charge on any atom is -0.264 e. The van der Waals surface area contributed by atoms with Crippen LogP contribution in [0.4, 0.5) is 5.13 Å². The molecular formula is C13H9N3S. The predicted octanol–water partition coefficient (Wildman–Crippen LogP) is 3.69. The molecule has 0 saturated carbocycles. The molecule has 0 bridgehead atoms. The molecule has 0 saturated heterocycles. The van der Waals surface area contributed by atoms with E-state index in [1.165, 1.54) is 11.3 Å². The zero-order chi connectivity index (χ0) is 11.7. The molecule has 0 fully saturated rings. The van der Waals surface area contributed by atoms with Crippen molar-refractivity contribution >= 4 is 34.0 Å². The molecule has 2 heterocycles. The fraction of sp³-hybridized carbons (Fsp3) is 0. The molecule has 4 heteroatoms. The largest absolute Gasteiger partial charge is 0.264 e. The van der Waals surface area contributed by atoms with Crippen molar-refractivity contribution in [2.75, 3.05) is 0 Å². The summed E-state index contributed by atoms with van der Waals surface area (Å²) in [6.45, 7) is 3.49. The van der Waals surface area contributed by atoms with Gasteiger partial charge in [0.25, 0.3) is 0 Å². The van der Waals surface area contributed by atoms with Crippen LogP contribution in [0.3, 0.4) is 0 Å². The first kappa shape index (κ1) is 10.1. The topological polar surface area (TPSA) is 38.1 Å². The van der Waals surface area contributed by atoms with Crippen molar-refractivity contribution in [3.8, 4) is 11.3 Å². The zero-order valence-corrected chi connectivity index (χ0v) is 9.81. The quantitative estimate of drug-likeness (QED) is 0.640. The first-order valence-electron chi connectivity index (χ1n) is 5.14. The van der Waals surface area contributed by atoms with Crippen molar-refractivity contribution in [2.24, 2.45) is 4.99 Å². The van der Waals surface area contributed by atoms with Crippen molar-refractivity contribution in [3.63, 3.8) is 0 Å². The van der Waals surface area contributed by atoms with Gasteiger partial charge >= 0.3 is 0 Å². The van der Waals surface area contributed by atoms with Gasteiger partial charge in [0.15, 0.2) is 0 Å². The smallest absolute Gasteiger partial charge is 0.209 e. The molecule has 0 N–H and O–H groups in total. The number of benzene rings is 1. The summed E-state index contributed by atoms with van der Waals surface area (Å²) in [5, 5.41) is 4.97. The SMILES string of the molecule is C=Nc1nc(-c2cccc3cnccc23)cs1. The van der Waals surface area contributed by atoms with Crippen molar-refractivity contribution in [1.82, 2.24) is 9.97 Å². The van der Waals surface area contributed by atoms with Gasteiger partial charge in [0.05, 0.1) is 5.69 Å². The molecule has 0 aliphatic heterocycles. The van der Waals surface area contributed by atoms with Crippen LogP contribution in [0.1, 0.15) is 0 Å². The van der Waals surface area contributed by atoms with E-state index in [-0.39, 0.29) is 0 Å². The summed E-state index contributed by atoms with van der Waals surface area (Å²) in [7, 11) is 0. The maximum absolute atomic E-state index is 4.42. The van der Waals surface area contributed by atoms with Gasteiger partial charge in [-0.1, -0.05) is 18.2 Å². The van der Waals surface area contributed by atoms with Crippen LogP contribution < -0.4 is 0 Å². The lowest BCUT2D eigenvalue weighted by Crippen LogP contribution is -1.81. The van der Waals surface area contributed by atoms with E-state index in [1.807, 2.05) is 29.8 Å². The Labute approximate surface area is 103 Å². The maximum atomic E-state index is 4.42. The summed E-state index contributed by atoms with van der Waals surface area (Å²) in [6, 6.07) is 8.12. The number of pyridine rings is 1. The molecule has 1 aromatic carbocycles. The predicted molar refractivity (Wildman–Crippen MR) is 72.1 cm³/mol. The van der Waals surface area contributed by atoms with E-state index in [4.69, 9.17) is 0 Å². The molecule has 3 rings (SSSR count). The Morgan fingerprint density at radius 2 is 2.18 bits per heavy atom. The molecule has 3 aromatic rings. The van der Waals surface area contributed by atoms with Gasteiger partial charge in [-0.05, 0) is 18.2 Å². The lowest BCUT2D eigenvalue weighted by molar-refractivity contribution is 1.35. The van der Waals surface area contributed by atoms with E-state index in [0.29, 0.717) is 5.13 Å². The van der Waals surface area contributed by atoms with Crippen molar-refractivity contribution in [1.29, 1.82) is 0 Å². The summed E-state index contributed by atoms with van der Waals surface area (Å²) < 4.78 is 0. The number of aliphatic imine (C=N–C) groups is 1. The third-order valence-electron chi connectivity index (χ3n) is 2.58. The number of aromatic nitrogens is 2. The fourth-order valence-electron chi connectivity index (χ4n) is 1.81. The van der Waals surface area contributed by atoms with Gasteiger partial charge in [-0.3, -0.25) is 4.98 Å². The number of hydrogen-bond donors (Lipinski definition) is 0. The van der Waals surface area contributed by atoms with Gasteiger partial charge in [0.1, 0.15) is 0 Å². The Hall–Kier alpha value is -2.07. The lowest BCUT2D eigenvalue weighted by Gasteiger charge is -2.02. The van der Waals surface area contributed by atoms with Crippen LogP contribution >= 0.6 is 11.3 Å². The van der Waals surface area contributed by atoms with E-state index in [2.05, 4.69) is 27.7 Å². The molecule has 0 spiro atoms. The molecule has 0 aliphatic rings. The third kappa shape index (κ3) is 1.72. The van der Waals surface area contributed by atoms with E-state index >= 15 is 0 Å². The fourth-order valence-corrected chi connectivity index (χ4v) is 2.43. The second-order valence-electron chi connectivity index (χ2n) is 3.58. The van der Waals surface area contributed by atoms with E-state index in [0.717, 1.165) is 22.0 Å². The van der Waals surface area contributed by atoms with Crippen LogP contribution in [0.2, 0.25) is 0 Å². The Morgan fingerprint density at radius 3 is 3.00 bits per heavy atom. The van der Waals surface area contributed by atoms with Gasteiger partial charge in [-0.25, -0.2) is 9.98 Å². The number of rotatable bonds is 2. The maximum Gasteiger partial charge on any atom is 0.209 e. The molecule has 0 atom stereocenters. The molecule has 0 amide bonds. The van der Waals surface area contributed by atoms with Crippen molar-refractivity contribution in [3.05, 3.63) is 42.0 Å². The highest BCUT2D eigenvalue weighted by Crippen LogP contribution is 2.31. The standard InChI is InChI=1S/C13H9N3S/c1-14-13-16-12(8-17-13)11-4-2-3-9-7-15-6-5-10(9)11/h2-8H,1H2. The normalized spacial score (nSPS) is 10.6. The van der Waals surface area contributed by atoms with Crippen LogP contribution in [-0.4, -0.2) is 16.7 Å². The van der Waals surface area contributed by atoms with Gasteiger partial charge in [0.2, 0.25) is 5.13 Å². The van der Waals surface area contributed by atoms with Crippen LogP contribution in [0.5, 0.6) is 0 Å². The minimum atomic E-state index is 0.700. The second-order valence-corrected chi connectivity index (χ2v) is 4.41. The summed E-state index contributed by atoms with van der Waals surface area (Å²) in [4.78, 5) is 12.4. The van der Waals surface area contributed by atoms with Crippen molar-refractivity contribution < 1.29 is 0 Å². The molecule has 2 aromatic heterocycles. The first-order chi connectivity index (χ1) is 8.38. The lowest BCUT2D eigenvalue weighted by atomic mass is 10.1. The van der Waals surface area contributed by atoms with Crippen LogP contribution in [0, 0.1) is 0 Å². The Kier molecular flexibility index (Phi) is 2.42. The van der Waals surface area contributed by atoms with Gasteiger partial charge < -0.3 is 0 Å². The molecule has 0 unspecified atom stereocenters. The highest BCUT2D eigenvalue weighted by atomic mass is 32.1. The average Bonchev–Trinajstić information content (AvgIpc) is 2.87. The van der Waals surface area contributed by atoms with Crippen molar-refractivity contribution in [2.45, 2.75) is 0 Å². The number of thiazole rings is 1. The second kappa shape index (κ2) is 4.07. The van der Waals surface area contributed by atoms with Gasteiger partial charge in [0, 0.05) is 28.7 Å². The van der Waals surface area contributed by atoms with Crippen LogP contribution in [-0.2, 0) is 0 Å². The summed E-state index contributed by atoms with van der Waals surface area (Å²) >= 11 is 1.50.